The number of thioether (sulfide) groups is 4. The highest BCUT2D eigenvalue weighted by atomic mass is 32.2. The van der Waals surface area contributed by atoms with Gasteiger partial charge in [-0.1, -0.05) is 121 Å². The van der Waals surface area contributed by atoms with E-state index in [1.165, 1.54) is 43.2 Å². The SMILES string of the molecule is c1ccc(/C2=C3/C(=C(/c4ccccc4)SCCS2)[C@@]2(c4ccccc4)SCCS[C@@]32c2ccccc2)cc1. The van der Waals surface area contributed by atoms with Gasteiger partial charge in [0.25, 0.3) is 0 Å². The topological polar surface area (TPSA) is 0 Å². The summed E-state index contributed by atoms with van der Waals surface area (Å²) in [7, 11) is 0. The van der Waals surface area contributed by atoms with Crippen molar-refractivity contribution in [3.8, 4) is 0 Å². The molecule has 1 aliphatic carbocycles. The third kappa shape index (κ3) is 3.71. The van der Waals surface area contributed by atoms with Crippen LogP contribution >= 0.6 is 47.0 Å². The van der Waals surface area contributed by atoms with Crippen molar-refractivity contribution in [2.75, 3.05) is 23.0 Å². The zero-order valence-corrected chi connectivity index (χ0v) is 24.3. The lowest BCUT2D eigenvalue weighted by molar-refractivity contribution is 0.487. The molecule has 38 heavy (non-hydrogen) atoms. The Balaban J connectivity index is 1.65. The van der Waals surface area contributed by atoms with Crippen molar-refractivity contribution in [2.24, 2.45) is 0 Å². The predicted molar refractivity (Wildman–Crippen MR) is 173 cm³/mol. The average molecular weight is 565 g/mol. The normalized spacial score (nSPS) is 28.8. The quantitative estimate of drug-likeness (QED) is 0.242. The van der Waals surface area contributed by atoms with E-state index in [4.69, 9.17) is 0 Å². The number of rotatable bonds is 4. The average Bonchev–Trinajstić information content (AvgIpc) is 2.98. The van der Waals surface area contributed by atoms with Crippen LogP contribution in [0.4, 0.5) is 0 Å². The van der Waals surface area contributed by atoms with Crippen LogP contribution < -0.4 is 0 Å². The van der Waals surface area contributed by atoms with Gasteiger partial charge in [-0.15, -0.1) is 47.0 Å². The molecule has 0 radical (unpaired) electrons. The third-order valence-corrected chi connectivity index (χ3v) is 13.7. The summed E-state index contributed by atoms with van der Waals surface area (Å²) in [4.78, 5) is 2.92. The molecule has 2 aliphatic heterocycles. The molecule has 1 saturated carbocycles. The molecule has 2 fully saturated rings. The molecule has 4 aromatic carbocycles. The van der Waals surface area contributed by atoms with Gasteiger partial charge in [0.2, 0.25) is 0 Å². The second-order valence-electron chi connectivity index (χ2n) is 9.63. The fourth-order valence-electron chi connectivity index (χ4n) is 6.20. The summed E-state index contributed by atoms with van der Waals surface area (Å²) in [5.41, 5.74) is 8.60. The van der Waals surface area contributed by atoms with E-state index < -0.39 is 0 Å². The van der Waals surface area contributed by atoms with Gasteiger partial charge in [-0.05, 0) is 33.4 Å². The predicted octanol–water partition coefficient (Wildman–Crippen LogP) is 9.57. The highest BCUT2D eigenvalue weighted by Crippen LogP contribution is 2.80. The second kappa shape index (κ2) is 10.4. The van der Waals surface area contributed by atoms with Gasteiger partial charge in [0.15, 0.2) is 0 Å². The summed E-state index contributed by atoms with van der Waals surface area (Å²) >= 11 is 8.45. The second-order valence-corrected chi connectivity index (χ2v) is 14.5. The molecule has 0 N–H and O–H groups in total. The molecule has 188 valence electrons. The van der Waals surface area contributed by atoms with Gasteiger partial charge in [-0.2, -0.15) is 0 Å². The van der Waals surface area contributed by atoms with Crippen LogP contribution in [0.3, 0.4) is 0 Å². The molecule has 0 nitrogen and oxygen atoms in total. The minimum absolute atomic E-state index is 0.163. The Bertz CT molecular complexity index is 1380. The minimum atomic E-state index is -0.163. The van der Waals surface area contributed by atoms with Crippen LogP contribution in [0.2, 0.25) is 0 Å². The lowest BCUT2D eigenvalue weighted by Gasteiger charge is -2.66. The van der Waals surface area contributed by atoms with Crippen molar-refractivity contribution in [1.29, 1.82) is 0 Å². The number of benzene rings is 4. The lowest BCUT2D eigenvalue weighted by atomic mass is 9.57. The fourth-order valence-corrected chi connectivity index (χ4v) is 12.6. The van der Waals surface area contributed by atoms with E-state index in [9.17, 15) is 0 Å². The zero-order chi connectivity index (χ0) is 25.4. The lowest BCUT2D eigenvalue weighted by Crippen LogP contribution is -2.60. The number of hydrogen-bond donors (Lipinski definition) is 0. The van der Waals surface area contributed by atoms with Gasteiger partial charge in [0.05, 0.1) is 9.49 Å². The Morgan fingerprint density at radius 3 is 1.11 bits per heavy atom. The monoisotopic (exact) mass is 564 g/mol. The number of fused-ring (bicyclic) bond motifs is 4. The first-order chi connectivity index (χ1) is 18.9. The van der Waals surface area contributed by atoms with Gasteiger partial charge in [0, 0.05) is 32.8 Å². The van der Waals surface area contributed by atoms with Gasteiger partial charge >= 0.3 is 0 Å². The van der Waals surface area contributed by atoms with Crippen LogP contribution in [0.15, 0.2) is 132 Å². The molecular formula is C34H28S4. The summed E-state index contributed by atoms with van der Waals surface area (Å²) in [5, 5.41) is 0. The molecule has 3 aliphatic rings. The van der Waals surface area contributed by atoms with Gasteiger partial charge in [0.1, 0.15) is 0 Å². The first kappa shape index (κ1) is 24.8. The molecule has 7 rings (SSSR count). The van der Waals surface area contributed by atoms with Crippen molar-refractivity contribution in [3.05, 3.63) is 155 Å². The van der Waals surface area contributed by atoms with Crippen molar-refractivity contribution in [1.82, 2.24) is 0 Å². The van der Waals surface area contributed by atoms with Crippen molar-refractivity contribution < 1.29 is 0 Å². The van der Waals surface area contributed by atoms with E-state index in [1.54, 1.807) is 0 Å². The third-order valence-electron chi connectivity index (χ3n) is 7.63. The molecule has 0 bridgehead atoms. The summed E-state index contributed by atoms with van der Waals surface area (Å²) in [6.07, 6.45) is 0. The van der Waals surface area contributed by atoms with E-state index in [0.717, 1.165) is 23.0 Å². The molecule has 4 heteroatoms. The van der Waals surface area contributed by atoms with Crippen LogP contribution in [0.25, 0.3) is 9.81 Å². The minimum Gasteiger partial charge on any atom is -0.142 e. The van der Waals surface area contributed by atoms with Gasteiger partial charge < -0.3 is 0 Å². The Hall–Kier alpha value is -2.24. The summed E-state index contributed by atoms with van der Waals surface area (Å²) in [6, 6.07) is 45.0. The van der Waals surface area contributed by atoms with E-state index in [0.29, 0.717) is 0 Å². The van der Waals surface area contributed by atoms with Gasteiger partial charge in [-0.3, -0.25) is 0 Å². The smallest absolute Gasteiger partial charge is 0.0901 e. The molecule has 2 atom stereocenters. The summed E-state index contributed by atoms with van der Waals surface area (Å²) in [5.74, 6) is 4.49. The maximum Gasteiger partial charge on any atom is 0.0901 e. The highest BCUT2D eigenvalue weighted by Gasteiger charge is 2.71. The highest BCUT2D eigenvalue weighted by molar-refractivity contribution is 8.12. The van der Waals surface area contributed by atoms with Crippen molar-refractivity contribution in [3.63, 3.8) is 0 Å². The van der Waals surface area contributed by atoms with Crippen LogP contribution in [0, 0.1) is 0 Å². The molecule has 0 aromatic heterocycles. The largest absolute Gasteiger partial charge is 0.142 e. The molecular weight excluding hydrogens is 537 g/mol. The first-order valence-corrected chi connectivity index (χ1v) is 17.1. The van der Waals surface area contributed by atoms with E-state index in [1.807, 2.05) is 0 Å². The molecule has 4 aromatic rings. The van der Waals surface area contributed by atoms with E-state index in [2.05, 4.69) is 168 Å². The van der Waals surface area contributed by atoms with Crippen LogP contribution in [-0.4, -0.2) is 23.0 Å². The van der Waals surface area contributed by atoms with Crippen molar-refractivity contribution >= 4 is 56.9 Å². The fraction of sp³-hybridized carbons (Fsp3) is 0.176. The van der Waals surface area contributed by atoms with E-state index >= 15 is 0 Å². The zero-order valence-electron chi connectivity index (χ0n) is 21.0. The Morgan fingerprint density at radius 1 is 0.395 bits per heavy atom. The maximum atomic E-state index is 2.38. The Labute approximate surface area is 242 Å². The molecule has 1 saturated heterocycles. The summed E-state index contributed by atoms with van der Waals surface area (Å²) < 4.78 is -0.325. The Morgan fingerprint density at radius 2 is 0.737 bits per heavy atom. The van der Waals surface area contributed by atoms with Crippen LogP contribution in [-0.2, 0) is 9.49 Å². The summed E-state index contributed by atoms with van der Waals surface area (Å²) in [6.45, 7) is 0. The number of hydrogen-bond acceptors (Lipinski definition) is 4. The first-order valence-electron chi connectivity index (χ1n) is 13.1. The maximum absolute atomic E-state index is 2.38. The Kier molecular flexibility index (Phi) is 6.77. The molecule has 0 unspecified atom stereocenters. The molecule has 2 heterocycles. The van der Waals surface area contributed by atoms with Crippen LogP contribution in [0.1, 0.15) is 22.3 Å². The van der Waals surface area contributed by atoms with E-state index in [-0.39, 0.29) is 9.49 Å². The standard InChI is InChI=1S/C34H28S4/c1-5-13-25(14-6-1)31-29-30(32(36-22-21-35-31)26-15-7-2-8-16-26)34(28-19-11-4-12-20-28)33(29,37-23-24-38-34)27-17-9-3-10-18-27/h1-20H,21-24H2/b31-29+,32-30+/t33-,34+. The molecule has 0 amide bonds. The van der Waals surface area contributed by atoms with Crippen LogP contribution in [0.5, 0.6) is 0 Å². The molecule has 0 spiro atoms. The van der Waals surface area contributed by atoms with Gasteiger partial charge in [-0.25, -0.2) is 0 Å². The van der Waals surface area contributed by atoms with Crippen molar-refractivity contribution in [2.45, 2.75) is 9.49 Å².